The number of thioether (sulfide) groups is 1. The van der Waals surface area contributed by atoms with Gasteiger partial charge in [-0.3, -0.25) is 4.79 Å². The number of anilines is 1. The van der Waals surface area contributed by atoms with Crippen LogP contribution in [0.25, 0.3) is 0 Å². The number of carbonyl (C=O) groups is 2. The minimum atomic E-state index is -1.01. The lowest BCUT2D eigenvalue weighted by molar-refractivity contribution is -0.139. The highest BCUT2D eigenvalue weighted by Gasteiger charge is 2.20. The van der Waals surface area contributed by atoms with Crippen molar-refractivity contribution in [2.45, 2.75) is 25.3 Å². The molecule has 0 aliphatic heterocycles. The summed E-state index contributed by atoms with van der Waals surface area (Å²) in [5, 5.41) is 15.1. The lowest BCUT2D eigenvalue weighted by Gasteiger charge is -2.14. The van der Waals surface area contributed by atoms with Crippen molar-refractivity contribution in [3.63, 3.8) is 0 Å². The molecule has 0 bridgehead atoms. The summed E-state index contributed by atoms with van der Waals surface area (Å²) in [6.07, 6.45) is 7.59. The van der Waals surface area contributed by atoms with E-state index in [9.17, 15) is 14.7 Å². The van der Waals surface area contributed by atoms with Gasteiger partial charge in [-0.2, -0.15) is 11.8 Å². The van der Waals surface area contributed by atoms with E-state index >= 15 is 0 Å². The molecule has 2 rings (SSSR count). The number of rotatable bonds is 11. The Labute approximate surface area is 157 Å². The Morgan fingerprint density at radius 2 is 2.23 bits per heavy atom. The van der Waals surface area contributed by atoms with Crippen LogP contribution in [0.5, 0.6) is 0 Å². The zero-order chi connectivity index (χ0) is 18.8. The highest BCUT2D eigenvalue weighted by atomic mass is 32.2. The van der Waals surface area contributed by atoms with Crippen LogP contribution >= 0.6 is 11.8 Å². The van der Waals surface area contributed by atoms with Crippen LogP contribution in [0.4, 0.5) is 5.69 Å². The lowest BCUT2D eigenvalue weighted by atomic mass is 10.1. The summed E-state index contributed by atoms with van der Waals surface area (Å²) in [7, 11) is 0. The maximum Gasteiger partial charge on any atom is 0.326 e. The summed E-state index contributed by atoms with van der Waals surface area (Å²) < 4.78 is 0. The Morgan fingerprint density at radius 3 is 2.92 bits per heavy atom. The van der Waals surface area contributed by atoms with Crippen LogP contribution in [-0.2, 0) is 11.2 Å². The SMILES string of the molecule is CSCCC(NC(=O)c1cccc(NCCCc2cnc[nH]2)c1)C(=O)O. The number of aromatic nitrogens is 2. The first-order valence-corrected chi connectivity index (χ1v) is 9.83. The Hall–Kier alpha value is -2.48. The van der Waals surface area contributed by atoms with Crippen molar-refractivity contribution in [3.8, 4) is 0 Å². The number of aliphatic carboxylic acids is 1. The molecule has 2 aromatic rings. The summed E-state index contributed by atoms with van der Waals surface area (Å²) >= 11 is 1.55. The predicted octanol–water partition coefficient (Wildman–Crippen LogP) is 2.39. The molecule has 1 unspecified atom stereocenters. The van der Waals surface area contributed by atoms with Crippen molar-refractivity contribution >= 4 is 29.3 Å². The van der Waals surface area contributed by atoms with Gasteiger partial charge in [0.25, 0.3) is 5.91 Å². The van der Waals surface area contributed by atoms with Crippen LogP contribution in [0.15, 0.2) is 36.8 Å². The molecule has 0 saturated heterocycles. The molecular formula is C18H24N4O3S. The standard InChI is InChI=1S/C18H24N4O3S/c1-26-9-7-16(18(24)25)22-17(23)13-4-2-5-14(10-13)20-8-3-6-15-11-19-12-21-15/h2,4-5,10-12,16,20H,3,6-9H2,1H3,(H,19,21)(H,22,23)(H,24,25). The highest BCUT2D eigenvalue weighted by Crippen LogP contribution is 2.12. The van der Waals surface area contributed by atoms with Gasteiger partial charge in [-0.1, -0.05) is 6.07 Å². The molecule has 0 radical (unpaired) electrons. The number of aromatic amines is 1. The summed E-state index contributed by atoms with van der Waals surface area (Å²) in [4.78, 5) is 30.6. The molecule has 0 aliphatic rings. The lowest BCUT2D eigenvalue weighted by Crippen LogP contribution is -2.41. The Kier molecular flexibility index (Phi) is 8.01. The summed E-state index contributed by atoms with van der Waals surface area (Å²) in [6, 6.07) is 6.21. The van der Waals surface area contributed by atoms with E-state index in [-0.39, 0.29) is 5.91 Å². The molecule has 1 heterocycles. The number of nitrogens with one attached hydrogen (secondary N) is 3. The van der Waals surface area contributed by atoms with Gasteiger partial charge < -0.3 is 20.7 Å². The van der Waals surface area contributed by atoms with E-state index in [1.54, 1.807) is 42.5 Å². The van der Waals surface area contributed by atoms with Gasteiger partial charge in [0.15, 0.2) is 0 Å². The third-order valence-electron chi connectivity index (χ3n) is 3.85. The number of amides is 1. The van der Waals surface area contributed by atoms with Gasteiger partial charge in [0, 0.05) is 29.7 Å². The molecule has 1 atom stereocenters. The van der Waals surface area contributed by atoms with E-state index in [1.807, 2.05) is 12.3 Å². The van der Waals surface area contributed by atoms with Gasteiger partial charge in [0.1, 0.15) is 6.04 Å². The number of carboxylic acid groups (broad SMARTS) is 1. The van der Waals surface area contributed by atoms with Crippen molar-refractivity contribution in [2.24, 2.45) is 0 Å². The number of carbonyl (C=O) groups excluding carboxylic acids is 1. The first-order chi connectivity index (χ1) is 12.6. The van der Waals surface area contributed by atoms with Crippen molar-refractivity contribution in [3.05, 3.63) is 48.0 Å². The van der Waals surface area contributed by atoms with E-state index in [2.05, 4.69) is 20.6 Å². The van der Waals surface area contributed by atoms with Gasteiger partial charge in [0.05, 0.1) is 6.33 Å². The minimum Gasteiger partial charge on any atom is -0.480 e. The maximum absolute atomic E-state index is 12.3. The second kappa shape index (κ2) is 10.5. The van der Waals surface area contributed by atoms with Crippen molar-refractivity contribution < 1.29 is 14.7 Å². The van der Waals surface area contributed by atoms with Gasteiger partial charge in [-0.05, 0) is 49.5 Å². The summed E-state index contributed by atoms with van der Waals surface area (Å²) in [6.45, 7) is 0.759. The minimum absolute atomic E-state index is 0.375. The van der Waals surface area contributed by atoms with Crippen LogP contribution in [0.1, 0.15) is 28.9 Å². The van der Waals surface area contributed by atoms with Crippen LogP contribution in [0.2, 0.25) is 0 Å². The van der Waals surface area contributed by atoms with Gasteiger partial charge in [0.2, 0.25) is 0 Å². The van der Waals surface area contributed by atoms with E-state index in [0.29, 0.717) is 17.7 Å². The van der Waals surface area contributed by atoms with E-state index < -0.39 is 12.0 Å². The van der Waals surface area contributed by atoms with E-state index in [1.165, 1.54) is 0 Å². The first kappa shape index (κ1) is 19.8. The number of benzene rings is 1. The van der Waals surface area contributed by atoms with E-state index in [0.717, 1.165) is 30.8 Å². The molecule has 1 aromatic heterocycles. The summed E-state index contributed by atoms with van der Waals surface area (Å²) in [5.41, 5.74) is 2.36. The average molecular weight is 376 g/mol. The Bertz CT molecular complexity index is 706. The molecule has 0 spiro atoms. The van der Waals surface area contributed by atoms with Crippen molar-refractivity contribution in [2.75, 3.05) is 23.9 Å². The monoisotopic (exact) mass is 376 g/mol. The second-order valence-electron chi connectivity index (χ2n) is 5.83. The maximum atomic E-state index is 12.3. The second-order valence-corrected chi connectivity index (χ2v) is 6.82. The molecule has 0 fully saturated rings. The molecule has 1 aromatic carbocycles. The van der Waals surface area contributed by atoms with Crippen LogP contribution in [0.3, 0.4) is 0 Å². The summed E-state index contributed by atoms with van der Waals surface area (Å²) in [5.74, 6) is -0.713. The highest BCUT2D eigenvalue weighted by molar-refractivity contribution is 7.98. The average Bonchev–Trinajstić information content (AvgIpc) is 3.15. The van der Waals surface area contributed by atoms with Gasteiger partial charge in [-0.25, -0.2) is 9.78 Å². The number of H-pyrrole nitrogens is 1. The Balaban J connectivity index is 1.86. The number of hydrogen-bond donors (Lipinski definition) is 4. The Morgan fingerprint density at radius 1 is 1.38 bits per heavy atom. The molecular weight excluding hydrogens is 352 g/mol. The number of imidazole rings is 1. The van der Waals surface area contributed by atoms with Crippen LogP contribution < -0.4 is 10.6 Å². The quantitative estimate of drug-likeness (QED) is 0.449. The fourth-order valence-electron chi connectivity index (χ4n) is 2.44. The number of nitrogens with zero attached hydrogens (tertiary/aromatic N) is 1. The zero-order valence-electron chi connectivity index (χ0n) is 14.7. The fraction of sp³-hybridized carbons (Fsp3) is 0.389. The van der Waals surface area contributed by atoms with Crippen molar-refractivity contribution in [1.29, 1.82) is 0 Å². The number of aryl methyl sites for hydroxylation is 1. The topological polar surface area (TPSA) is 107 Å². The fourth-order valence-corrected chi connectivity index (χ4v) is 2.91. The molecule has 0 aliphatic carbocycles. The number of carboxylic acids is 1. The largest absolute Gasteiger partial charge is 0.480 e. The van der Waals surface area contributed by atoms with Crippen LogP contribution in [-0.4, -0.2) is 51.5 Å². The van der Waals surface area contributed by atoms with Gasteiger partial charge in [-0.15, -0.1) is 0 Å². The normalized spacial score (nSPS) is 11.7. The molecule has 4 N–H and O–H groups in total. The molecule has 140 valence electrons. The van der Waals surface area contributed by atoms with Crippen LogP contribution in [0, 0.1) is 0 Å². The molecule has 1 amide bonds. The molecule has 7 nitrogen and oxygen atoms in total. The van der Waals surface area contributed by atoms with Crippen molar-refractivity contribution in [1.82, 2.24) is 15.3 Å². The van der Waals surface area contributed by atoms with Gasteiger partial charge >= 0.3 is 5.97 Å². The molecule has 8 heteroatoms. The third-order valence-corrected chi connectivity index (χ3v) is 4.49. The third kappa shape index (κ3) is 6.44. The predicted molar refractivity (Wildman–Crippen MR) is 104 cm³/mol. The molecule has 26 heavy (non-hydrogen) atoms. The number of hydrogen-bond acceptors (Lipinski definition) is 5. The first-order valence-electron chi connectivity index (χ1n) is 8.44. The van der Waals surface area contributed by atoms with E-state index in [4.69, 9.17) is 0 Å². The zero-order valence-corrected chi connectivity index (χ0v) is 15.5. The molecule has 0 saturated carbocycles. The smallest absolute Gasteiger partial charge is 0.326 e.